The number of pyridine rings is 2. The Bertz CT molecular complexity index is 2310. The third kappa shape index (κ3) is 4.83. The van der Waals surface area contributed by atoms with Crippen LogP contribution in [0.5, 0.6) is 0 Å². The molecule has 0 bridgehead atoms. The van der Waals surface area contributed by atoms with Gasteiger partial charge in [-0.1, -0.05) is 35.4 Å². The van der Waals surface area contributed by atoms with E-state index in [0.717, 1.165) is 21.9 Å². The fraction of sp³-hybridized carbons (Fsp3) is 0.0625. The first-order valence-corrected chi connectivity index (χ1v) is 16.5. The van der Waals surface area contributed by atoms with Gasteiger partial charge in [-0.15, -0.1) is 0 Å². The average molecular weight is 621 g/mol. The van der Waals surface area contributed by atoms with Gasteiger partial charge in [0.25, 0.3) is 20.0 Å². The molecule has 0 radical (unpaired) electrons. The van der Waals surface area contributed by atoms with Crippen molar-refractivity contribution in [3.8, 4) is 0 Å². The van der Waals surface area contributed by atoms with E-state index in [4.69, 9.17) is 9.97 Å². The van der Waals surface area contributed by atoms with Crippen LogP contribution in [0.4, 0.5) is 11.4 Å². The Morgan fingerprint density at radius 1 is 0.523 bits per heavy atom. The molecule has 0 aliphatic heterocycles. The maximum atomic E-state index is 13.5. The van der Waals surface area contributed by atoms with Crippen molar-refractivity contribution in [1.82, 2.24) is 19.9 Å². The van der Waals surface area contributed by atoms with E-state index in [-0.39, 0.29) is 21.2 Å². The number of fused-ring (bicyclic) bond motifs is 7. The number of hydrogen-bond acceptors (Lipinski definition) is 8. The number of benzene rings is 4. The van der Waals surface area contributed by atoms with E-state index in [1.54, 1.807) is 48.8 Å². The molecule has 0 unspecified atom stereocenters. The van der Waals surface area contributed by atoms with Crippen molar-refractivity contribution in [1.29, 1.82) is 0 Å². The lowest BCUT2D eigenvalue weighted by Gasteiger charge is -2.16. The first-order valence-electron chi connectivity index (χ1n) is 13.5. The standard InChI is InChI=1S/C32H24N6O4S2/c1-19-7-11-21(12-8-19)43(39,40)37-27-17-25-26(18-28(27)38-44(41,42)22-13-9-20(2)10-14-22)36-32-24-6-4-16-34-30(24)29-23(31(32)35-25)5-3-15-33-29/h3-18,37-38H,1-2H3. The summed E-state index contributed by atoms with van der Waals surface area (Å²) in [7, 11) is -8.21. The van der Waals surface area contributed by atoms with E-state index in [0.29, 0.717) is 33.1 Å². The third-order valence-corrected chi connectivity index (χ3v) is 10.1. The molecule has 3 heterocycles. The summed E-state index contributed by atoms with van der Waals surface area (Å²) >= 11 is 0. The van der Waals surface area contributed by atoms with Crippen LogP contribution >= 0.6 is 0 Å². The number of sulfonamides is 2. The summed E-state index contributed by atoms with van der Waals surface area (Å²) in [6.07, 6.45) is 3.36. The Morgan fingerprint density at radius 3 is 1.30 bits per heavy atom. The van der Waals surface area contributed by atoms with Gasteiger partial charge in [-0.25, -0.2) is 26.8 Å². The molecule has 218 valence electrons. The van der Waals surface area contributed by atoms with Crippen LogP contribution in [0.3, 0.4) is 0 Å². The number of nitrogens with zero attached hydrogens (tertiary/aromatic N) is 4. The SMILES string of the molecule is Cc1ccc(S(=O)(=O)Nc2cc3nc4c5cccnc5c5ncccc5c4nc3cc2NS(=O)(=O)c2ccc(C)cc2)cc1. The molecule has 0 saturated heterocycles. The molecule has 7 aromatic rings. The Morgan fingerprint density at radius 2 is 0.909 bits per heavy atom. The van der Waals surface area contributed by atoms with E-state index in [1.807, 2.05) is 26.0 Å². The summed E-state index contributed by atoms with van der Waals surface area (Å²) in [5.74, 6) is 0. The van der Waals surface area contributed by atoms with Gasteiger partial charge in [-0.3, -0.25) is 19.4 Å². The van der Waals surface area contributed by atoms with Gasteiger partial charge in [-0.05, 0) is 74.5 Å². The third-order valence-electron chi connectivity index (χ3n) is 7.30. The van der Waals surface area contributed by atoms with Gasteiger partial charge < -0.3 is 0 Å². The number of aryl methyl sites for hydroxylation is 2. The quantitative estimate of drug-likeness (QED) is 0.168. The van der Waals surface area contributed by atoms with Crippen LogP contribution in [0, 0.1) is 13.8 Å². The highest BCUT2D eigenvalue weighted by Crippen LogP contribution is 2.35. The number of anilines is 2. The van der Waals surface area contributed by atoms with Crippen molar-refractivity contribution < 1.29 is 16.8 Å². The van der Waals surface area contributed by atoms with E-state index in [2.05, 4.69) is 19.4 Å². The lowest BCUT2D eigenvalue weighted by molar-refractivity contribution is 0.599. The molecule has 0 amide bonds. The van der Waals surface area contributed by atoms with Crippen molar-refractivity contribution in [2.75, 3.05) is 9.44 Å². The normalized spacial score (nSPS) is 12.2. The van der Waals surface area contributed by atoms with Crippen LogP contribution in [-0.2, 0) is 20.0 Å². The lowest BCUT2D eigenvalue weighted by atomic mass is 10.1. The van der Waals surface area contributed by atoms with Crippen molar-refractivity contribution in [2.24, 2.45) is 0 Å². The van der Waals surface area contributed by atoms with Crippen LogP contribution in [0.15, 0.2) is 107 Å². The summed E-state index contributed by atoms with van der Waals surface area (Å²) < 4.78 is 59.0. The molecule has 3 aromatic heterocycles. The van der Waals surface area contributed by atoms with Gasteiger partial charge in [-0.2, -0.15) is 0 Å². The fourth-order valence-corrected chi connectivity index (χ4v) is 7.20. The maximum Gasteiger partial charge on any atom is 0.261 e. The number of rotatable bonds is 6. The molecular weight excluding hydrogens is 597 g/mol. The number of aromatic nitrogens is 4. The molecule has 0 atom stereocenters. The van der Waals surface area contributed by atoms with Crippen molar-refractivity contribution in [2.45, 2.75) is 23.6 Å². The molecule has 10 nitrogen and oxygen atoms in total. The zero-order valence-corrected chi connectivity index (χ0v) is 25.1. The van der Waals surface area contributed by atoms with Crippen LogP contribution in [0.1, 0.15) is 11.1 Å². The molecular formula is C32H24N6O4S2. The Balaban J connectivity index is 1.47. The number of nitrogens with one attached hydrogen (secondary N) is 2. The zero-order chi connectivity index (χ0) is 30.6. The molecule has 7 rings (SSSR count). The smallest absolute Gasteiger partial charge is 0.261 e. The first-order chi connectivity index (χ1) is 21.1. The summed E-state index contributed by atoms with van der Waals surface area (Å²) in [6, 6.07) is 23.0. The fourth-order valence-electron chi connectivity index (χ4n) is 5.06. The highest BCUT2D eigenvalue weighted by atomic mass is 32.2. The van der Waals surface area contributed by atoms with E-state index >= 15 is 0 Å². The minimum absolute atomic E-state index is 0.00713. The van der Waals surface area contributed by atoms with Crippen molar-refractivity contribution >= 4 is 75.3 Å². The second-order valence-electron chi connectivity index (χ2n) is 10.4. The first kappa shape index (κ1) is 27.6. The average Bonchev–Trinajstić information content (AvgIpc) is 3.01. The van der Waals surface area contributed by atoms with Crippen LogP contribution < -0.4 is 9.44 Å². The lowest BCUT2D eigenvalue weighted by Crippen LogP contribution is -2.18. The van der Waals surface area contributed by atoms with Crippen molar-refractivity contribution in [3.63, 3.8) is 0 Å². The van der Waals surface area contributed by atoms with E-state index in [9.17, 15) is 16.8 Å². The number of hydrogen-bond donors (Lipinski definition) is 2. The second kappa shape index (κ2) is 10.2. The summed E-state index contributed by atoms with van der Waals surface area (Å²) in [6.45, 7) is 3.71. The molecule has 4 aromatic carbocycles. The molecule has 2 N–H and O–H groups in total. The molecule has 0 saturated carbocycles. The van der Waals surface area contributed by atoms with Crippen molar-refractivity contribution in [3.05, 3.63) is 108 Å². The van der Waals surface area contributed by atoms with Gasteiger partial charge in [0.05, 0.1) is 54.3 Å². The van der Waals surface area contributed by atoms with Gasteiger partial charge in [0.1, 0.15) is 0 Å². The molecule has 44 heavy (non-hydrogen) atoms. The van der Waals surface area contributed by atoms with Gasteiger partial charge in [0.2, 0.25) is 0 Å². The predicted molar refractivity (Wildman–Crippen MR) is 172 cm³/mol. The molecule has 0 spiro atoms. The van der Waals surface area contributed by atoms with Gasteiger partial charge in [0.15, 0.2) is 0 Å². The Kier molecular flexibility index (Phi) is 6.41. The Hall–Kier alpha value is -5.20. The summed E-state index contributed by atoms with van der Waals surface area (Å²) in [5.41, 5.74) is 4.92. The molecule has 12 heteroatoms. The highest BCUT2D eigenvalue weighted by molar-refractivity contribution is 7.93. The van der Waals surface area contributed by atoms with Crippen LogP contribution in [0.25, 0.3) is 43.9 Å². The minimum Gasteiger partial charge on any atom is -0.277 e. The maximum absolute atomic E-state index is 13.5. The van der Waals surface area contributed by atoms with E-state index < -0.39 is 20.0 Å². The zero-order valence-electron chi connectivity index (χ0n) is 23.5. The minimum atomic E-state index is -4.10. The van der Waals surface area contributed by atoms with Gasteiger partial charge >= 0.3 is 0 Å². The van der Waals surface area contributed by atoms with E-state index in [1.165, 1.54) is 36.4 Å². The second-order valence-corrected chi connectivity index (χ2v) is 13.8. The Labute approximate surface area is 253 Å². The van der Waals surface area contributed by atoms with Gasteiger partial charge in [0, 0.05) is 23.2 Å². The molecule has 0 fully saturated rings. The molecule has 0 aliphatic rings. The summed E-state index contributed by atoms with van der Waals surface area (Å²) in [4.78, 5) is 18.9. The predicted octanol–water partition coefficient (Wildman–Crippen LogP) is 6.10. The van der Waals surface area contributed by atoms with Crippen LogP contribution in [0.2, 0.25) is 0 Å². The monoisotopic (exact) mass is 620 g/mol. The molecule has 0 aliphatic carbocycles. The topological polar surface area (TPSA) is 144 Å². The largest absolute Gasteiger partial charge is 0.277 e. The highest BCUT2D eigenvalue weighted by Gasteiger charge is 2.22. The van der Waals surface area contributed by atoms with Crippen LogP contribution in [-0.4, -0.2) is 36.8 Å². The summed E-state index contributed by atoms with van der Waals surface area (Å²) in [5, 5.41) is 1.46.